The molecule has 1 N–H and O–H groups in total. The zero-order valence-electron chi connectivity index (χ0n) is 13.6. The molecule has 1 rings (SSSR count). The van der Waals surface area contributed by atoms with E-state index in [9.17, 15) is 0 Å². The van der Waals surface area contributed by atoms with Crippen LogP contribution in [0.1, 0.15) is 44.7 Å². The van der Waals surface area contributed by atoms with Crippen LogP contribution < -0.4 is 4.74 Å². The van der Waals surface area contributed by atoms with Crippen molar-refractivity contribution in [2.24, 2.45) is 0 Å². The van der Waals surface area contributed by atoms with E-state index in [4.69, 9.17) is 9.84 Å². The minimum Gasteiger partial charge on any atom is -0.497 e. The van der Waals surface area contributed by atoms with Crippen LogP contribution in [0.15, 0.2) is 18.2 Å². The molecule has 1 atom stereocenters. The molecule has 116 valence electrons. The van der Waals surface area contributed by atoms with Crippen molar-refractivity contribution < 1.29 is 9.84 Å². The highest BCUT2D eigenvalue weighted by atomic mass is 16.5. The Labute approximate surface area is 128 Å². The Morgan fingerprint density at radius 1 is 1.33 bits per heavy atom. The Bertz CT molecular complexity index is 488. The molecule has 3 nitrogen and oxygen atoms in total. The first kappa shape index (κ1) is 17.6. The van der Waals surface area contributed by atoms with E-state index >= 15 is 0 Å². The lowest BCUT2D eigenvalue weighted by Gasteiger charge is -2.27. The molecule has 0 fully saturated rings. The summed E-state index contributed by atoms with van der Waals surface area (Å²) in [7, 11) is 1.68. The van der Waals surface area contributed by atoms with Gasteiger partial charge in [0.05, 0.1) is 13.7 Å². The van der Waals surface area contributed by atoms with E-state index in [1.54, 1.807) is 7.11 Å². The van der Waals surface area contributed by atoms with E-state index in [1.807, 2.05) is 12.1 Å². The molecule has 0 radical (unpaired) electrons. The predicted octanol–water partition coefficient (Wildman–Crippen LogP) is 3.05. The third kappa shape index (κ3) is 5.41. The van der Waals surface area contributed by atoms with Gasteiger partial charge in [-0.15, -0.1) is 0 Å². The van der Waals surface area contributed by atoms with Gasteiger partial charge in [-0.3, -0.25) is 4.90 Å². The lowest BCUT2D eigenvalue weighted by molar-refractivity contribution is 0.205. The molecule has 0 bridgehead atoms. The number of aliphatic hydroxyl groups is 1. The molecule has 0 amide bonds. The van der Waals surface area contributed by atoms with Gasteiger partial charge in [0, 0.05) is 24.6 Å². The molecule has 0 heterocycles. The fourth-order valence-electron chi connectivity index (χ4n) is 2.22. The molecule has 0 spiro atoms. The lowest BCUT2D eigenvalue weighted by Crippen LogP contribution is -2.32. The fraction of sp³-hybridized carbons (Fsp3) is 0.556. The summed E-state index contributed by atoms with van der Waals surface area (Å²) in [5.41, 5.74) is 2.20. The molecule has 0 saturated carbocycles. The van der Waals surface area contributed by atoms with Gasteiger partial charge in [0.2, 0.25) is 0 Å². The second-order valence-corrected chi connectivity index (χ2v) is 5.12. The van der Waals surface area contributed by atoms with Crippen molar-refractivity contribution in [2.45, 2.75) is 46.2 Å². The van der Waals surface area contributed by atoms with Gasteiger partial charge in [-0.25, -0.2) is 0 Å². The second kappa shape index (κ2) is 9.44. The van der Waals surface area contributed by atoms with Gasteiger partial charge in [-0.1, -0.05) is 25.7 Å². The van der Waals surface area contributed by atoms with Gasteiger partial charge < -0.3 is 9.84 Å². The summed E-state index contributed by atoms with van der Waals surface area (Å²) in [6, 6.07) is 6.54. The number of benzene rings is 1. The van der Waals surface area contributed by atoms with Gasteiger partial charge in [-0.2, -0.15) is 0 Å². The van der Waals surface area contributed by atoms with E-state index in [-0.39, 0.29) is 6.61 Å². The minimum atomic E-state index is 0.104. The monoisotopic (exact) mass is 289 g/mol. The number of methoxy groups -OCH3 is 1. The Hall–Kier alpha value is -1.50. The standard InChI is InChI=1S/C18H27NO2/c1-5-15(3)19(6-2)14-17-13-18(21-4)11-10-16(17)9-7-8-12-20/h10-11,13,15,20H,5-6,8,12,14H2,1-4H3. The number of nitrogens with zero attached hydrogens (tertiary/aromatic N) is 1. The van der Waals surface area contributed by atoms with Crippen LogP contribution in [0, 0.1) is 11.8 Å². The van der Waals surface area contributed by atoms with Crippen LogP contribution in [0.5, 0.6) is 5.75 Å². The zero-order chi connectivity index (χ0) is 15.7. The molecule has 0 aromatic heterocycles. The maximum atomic E-state index is 8.85. The van der Waals surface area contributed by atoms with E-state index in [1.165, 1.54) is 5.56 Å². The van der Waals surface area contributed by atoms with E-state index < -0.39 is 0 Å². The smallest absolute Gasteiger partial charge is 0.119 e. The summed E-state index contributed by atoms with van der Waals surface area (Å²) < 4.78 is 5.33. The van der Waals surface area contributed by atoms with Gasteiger partial charge in [0.15, 0.2) is 0 Å². The van der Waals surface area contributed by atoms with Crippen molar-refractivity contribution in [3.63, 3.8) is 0 Å². The van der Waals surface area contributed by atoms with Crippen molar-refractivity contribution in [3.8, 4) is 17.6 Å². The Morgan fingerprint density at radius 2 is 2.10 bits per heavy atom. The molecular formula is C18H27NO2. The molecule has 21 heavy (non-hydrogen) atoms. The molecule has 1 aromatic carbocycles. The van der Waals surface area contributed by atoms with Crippen LogP contribution in [0.3, 0.4) is 0 Å². The van der Waals surface area contributed by atoms with Crippen LogP contribution >= 0.6 is 0 Å². The van der Waals surface area contributed by atoms with Crippen LogP contribution in [0.25, 0.3) is 0 Å². The maximum absolute atomic E-state index is 8.85. The Morgan fingerprint density at radius 3 is 2.67 bits per heavy atom. The highest BCUT2D eigenvalue weighted by Crippen LogP contribution is 2.20. The fourth-order valence-corrected chi connectivity index (χ4v) is 2.22. The van der Waals surface area contributed by atoms with Crippen LogP contribution in [-0.2, 0) is 6.54 Å². The number of aliphatic hydroxyl groups excluding tert-OH is 1. The van der Waals surface area contributed by atoms with Gasteiger partial charge in [0.25, 0.3) is 0 Å². The van der Waals surface area contributed by atoms with E-state index in [2.05, 4.69) is 43.6 Å². The van der Waals surface area contributed by atoms with Crippen LogP contribution in [0.4, 0.5) is 0 Å². The quantitative estimate of drug-likeness (QED) is 0.783. The Kier molecular flexibility index (Phi) is 7.89. The predicted molar refractivity (Wildman–Crippen MR) is 87.4 cm³/mol. The van der Waals surface area contributed by atoms with Crippen molar-refractivity contribution >= 4 is 0 Å². The SMILES string of the molecule is CCC(C)N(CC)Cc1cc(OC)ccc1C#CCCO. The maximum Gasteiger partial charge on any atom is 0.119 e. The average molecular weight is 289 g/mol. The largest absolute Gasteiger partial charge is 0.497 e. The van der Waals surface area contributed by atoms with Crippen molar-refractivity contribution in [2.75, 3.05) is 20.3 Å². The Balaban J connectivity index is 3.03. The molecule has 0 aliphatic rings. The average Bonchev–Trinajstić information content (AvgIpc) is 2.52. The molecule has 0 aliphatic carbocycles. The molecular weight excluding hydrogens is 262 g/mol. The van der Waals surface area contributed by atoms with Crippen molar-refractivity contribution in [3.05, 3.63) is 29.3 Å². The molecule has 1 aromatic rings. The second-order valence-electron chi connectivity index (χ2n) is 5.12. The van der Waals surface area contributed by atoms with Gasteiger partial charge in [0.1, 0.15) is 5.75 Å². The van der Waals surface area contributed by atoms with Crippen molar-refractivity contribution in [1.82, 2.24) is 4.90 Å². The zero-order valence-corrected chi connectivity index (χ0v) is 13.6. The topological polar surface area (TPSA) is 32.7 Å². The molecule has 1 unspecified atom stereocenters. The van der Waals surface area contributed by atoms with Gasteiger partial charge in [-0.05, 0) is 43.7 Å². The summed E-state index contributed by atoms with van der Waals surface area (Å²) >= 11 is 0. The van der Waals surface area contributed by atoms with Crippen molar-refractivity contribution in [1.29, 1.82) is 0 Å². The van der Waals surface area contributed by atoms with E-state index in [0.29, 0.717) is 12.5 Å². The summed E-state index contributed by atoms with van der Waals surface area (Å²) in [6.07, 6.45) is 1.64. The number of ether oxygens (including phenoxy) is 1. The third-order valence-electron chi connectivity index (χ3n) is 3.77. The lowest BCUT2D eigenvalue weighted by atomic mass is 10.1. The summed E-state index contributed by atoms with van der Waals surface area (Å²) in [4.78, 5) is 2.44. The first-order valence-electron chi connectivity index (χ1n) is 7.66. The summed E-state index contributed by atoms with van der Waals surface area (Å²) in [5.74, 6) is 7.02. The molecule has 3 heteroatoms. The third-order valence-corrected chi connectivity index (χ3v) is 3.77. The van der Waals surface area contributed by atoms with Crippen LogP contribution in [0.2, 0.25) is 0 Å². The molecule has 0 aliphatic heterocycles. The number of hydrogen-bond acceptors (Lipinski definition) is 3. The summed E-state index contributed by atoms with van der Waals surface area (Å²) in [6.45, 7) is 8.62. The summed E-state index contributed by atoms with van der Waals surface area (Å²) in [5, 5.41) is 8.85. The van der Waals surface area contributed by atoms with Gasteiger partial charge >= 0.3 is 0 Å². The van der Waals surface area contributed by atoms with E-state index in [0.717, 1.165) is 30.8 Å². The van der Waals surface area contributed by atoms with Crippen LogP contribution in [-0.4, -0.2) is 36.3 Å². The first-order chi connectivity index (χ1) is 10.2. The first-order valence-corrected chi connectivity index (χ1v) is 7.66. The highest BCUT2D eigenvalue weighted by molar-refractivity contribution is 5.45. The minimum absolute atomic E-state index is 0.104. The highest BCUT2D eigenvalue weighted by Gasteiger charge is 2.13. The normalized spacial score (nSPS) is 11.9. The number of rotatable bonds is 7. The number of hydrogen-bond donors (Lipinski definition) is 1. The molecule has 0 saturated heterocycles.